The van der Waals surface area contributed by atoms with Gasteiger partial charge < -0.3 is 9.64 Å². The number of hydrogen-bond donors (Lipinski definition) is 0. The molecule has 0 radical (unpaired) electrons. The van der Waals surface area contributed by atoms with Gasteiger partial charge in [0.15, 0.2) is 0 Å². The summed E-state index contributed by atoms with van der Waals surface area (Å²) in [6.45, 7) is 1.73. The Balaban J connectivity index is 1.97. The molecule has 15 heavy (non-hydrogen) atoms. The molecular weight excluding hydrogens is 214 g/mol. The van der Waals surface area contributed by atoms with E-state index in [0.717, 1.165) is 31.8 Å². The Bertz CT molecular complexity index is 328. The van der Waals surface area contributed by atoms with E-state index >= 15 is 0 Å². The molecule has 1 aromatic heterocycles. The number of ether oxygens (including phenoxy) is 1. The van der Waals surface area contributed by atoms with Crippen molar-refractivity contribution in [2.75, 3.05) is 25.1 Å². The molecule has 0 amide bonds. The highest BCUT2D eigenvalue weighted by molar-refractivity contribution is 6.29. The predicted molar refractivity (Wildman–Crippen MR) is 59.3 cm³/mol. The normalized spacial score (nSPS) is 20.5. The van der Waals surface area contributed by atoms with Crippen molar-refractivity contribution in [3.05, 3.63) is 17.5 Å². The summed E-state index contributed by atoms with van der Waals surface area (Å²) >= 11 is 5.80. The zero-order chi connectivity index (χ0) is 10.7. The molecule has 0 spiro atoms. The maximum absolute atomic E-state index is 5.80. The van der Waals surface area contributed by atoms with Gasteiger partial charge in [0, 0.05) is 26.3 Å². The van der Waals surface area contributed by atoms with Crippen molar-refractivity contribution < 1.29 is 4.74 Å². The molecule has 1 saturated heterocycles. The van der Waals surface area contributed by atoms with Gasteiger partial charge in [0.05, 0.1) is 6.10 Å². The second-order valence-electron chi connectivity index (χ2n) is 3.71. The molecule has 1 atom stereocenters. The van der Waals surface area contributed by atoms with E-state index in [2.05, 4.69) is 9.97 Å². The smallest absolute Gasteiger partial charge is 0.134 e. The van der Waals surface area contributed by atoms with Gasteiger partial charge in [0.2, 0.25) is 0 Å². The van der Waals surface area contributed by atoms with E-state index in [1.54, 1.807) is 6.07 Å². The monoisotopic (exact) mass is 227 g/mol. The third-order valence-electron chi connectivity index (χ3n) is 2.51. The maximum Gasteiger partial charge on any atom is 0.134 e. The lowest BCUT2D eigenvalue weighted by Gasteiger charge is -2.21. The Morgan fingerprint density at radius 1 is 1.60 bits per heavy atom. The summed E-state index contributed by atoms with van der Waals surface area (Å²) in [6.07, 6.45) is 4.08. The molecule has 0 aromatic carbocycles. The number of nitrogens with zero attached hydrogens (tertiary/aromatic N) is 3. The zero-order valence-electron chi connectivity index (χ0n) is 8.69. The first kappa shape index (κ1) is 10.6. The Hall–Kier alpha value is -0.870. The van der Waals surface area contributed by atoms with Crippen LogP contribution in [0.4, 0.5) is 5.82 Å². The van der Waals surface area contributed by atoms with Gasteiger partial charge >= 0.3 is 0 Å². The van der Waals surface area contributed by atoms with E-state index in [1.165, 1.54) is 6.33 Å². The Morgan fingerprint density at radius 2 is 2.47 bits per heavy atom. The SMILES string of the molecule is CN(CC1CCCO1)c1cc(Cl)ncn1. The van der Waals surface area contributed by atoms with E-state index in [4.69, 9.17) is 16.3 Å². The Labute approximate surface area is 94.2 Å². The van der Waals surface area contributed by atoms with Crippen molar-refractivity contribution in [1.82, 2.24) is 9.97 Å². The third kappa shape index (κ3) is 2.79. The summed E-state index contributed by atoms with van der Waals surface area (Å²) in [5.41, 5.74) is 0. The van der Waals surface area contributed by atoms with Gasteiger partial charge in [0.25, 0.3) is 0 Å². The summed E-state index contributed by atoms with van der Waals surface area (Å²) in [4.78, 5) is 10.1. The van der Waals surface area contributed by atoms with Crippen LogP contribution in [0.15, 0.2) is 12.4 Å². The Kier molecular flexibility index (Phi) is 3.38. The van der Waals surface area contributed by atoms with Crippen LogP contribution in [-0.2, 0) is 4.74 Å². The summed E-state index contributed by atoms with van der Waals surface area (Å²) < 4.78 is 5.56. The first-order valence-corrected chi connectivity index (χ1v) is 5.44. The maximum atomic E-state index is 5.80. The largest absolute Gasteiger partial charge is 0.376 e. The molecule has 2 rings (SSSR count). The van der Waals surface area contributed by atoms with Crippen LogP contribution in [0.5, 0.6) is 0 Å². The fourth-order valence-electron chi connectivity index (χ4n) is 1.72. The molecule has 82 valence electrons. The highest BCUT2D eigenvalue weighted by Gasteiger charge is 2.18. The topological polar surface area (TPSA) is 38.2 Å². The fourth-order valence-corrected chi connectivity index (χ4v) is 1.86. The molecule has 0 aliphatic carbocycles. The highest BCUT2D eigenvalue weighted by atomic mass is 35.5. The van der Waals surface area contributed by atoms with Gasteiger partial charge in [-0.3, -0.25) is 0 Å². The lowest BCUT2D eigenvalue weighted by Crippen LogP contribution is -2.29. The molecule has 4 nitrogen and oxygen atoms in total. The van der Waals surface area contributed by atoms with Gasteiger partial charge in [-0.1, -0.05) is 11.6 Å². The zero-order valence-corrected chi connectivity index (χ0v) is 9.44. The van der Waals surface area contributed by atoms with E-state index in [1.807, 2.05) is 11.9 Å². The fraction of sp³-hybridized carbons (Fsp3) is 0.600. The molecule has 1 unspecified atom stereocenters. The molecular formula is C10H14ClN3O. The number of likely N-dealkylation sites (N-methyl/N-ethyl adjacent to an activating group) is 1. The minimum Gasteiger partial charge on any atom is -0.376 e. The number of rotatable bonds is 3. The molecule has 0 bridgehead atoms. The van der Waals surface area contributed by atoms with Gasteiger partial charge in [0.1, 0.15) is 17.3 Å². The van der Waals surface area contributed by atoms with Gasteiger partial charge in [-0.05, 0) is 12.8 Å². The van der Waals surface area contributed by atoms with Gasteiger partial charge in [-0.2, -0.15) is 0 Å². The summed E-state index contributed by atoms with van der Waals surface area (Å²) in [6, 6.07) is 1.76. The van der Waals surface area contributed by atoms with Crippen LogP contribution in [0.25, 0.3) is 0 Å². The van der Waals surface area contributed by atoms with Crippen LogP contribution in [0.2, 0.25) is 5.15 Å². The second kappa shape index (κ2) is 4.77. The van der Waals surface area contributed by atoms with Crippen molar-refractivity contribution in [2.45, 2.75) is 18.9 Å². The molecule has 5 heteroatoms. The molecule has 1 aliphatic rings. The first-order valence-electron chi connectivity index (χ1n) is 5.06. The van der Waals surface area contributed by atoms with E-state index in [9.17, 15) is 0 Å². The summed E-state index contributed by atoms with van der Waals surface area (Å²) in [5, 5.41) is 0.471. The number of anilines is 1. The molecule has 2 heterocycles. The van der Waals surface area contributed by atoms with Crippen LogP contribution in [0, 0.1) is 0 Å². The van der Waals surface area contributed by atoms with E-state index in [-0.39, 0.29) is 0 Å². The molecule has 1 fully saturated rings. The van der Waals surface area contributed by atoms with Crippen LogP contribution in [-0.4, -0.2) is 36.3 Å². The highest BCUT2D eigenvalue weighted by Crippen LogP contribution is 2.17. The predicted octanol–water partition coefficient (Wildman–Crippen LogP) is 1.75. The van der Waals surface area contributed by atoms with Crippen molar-refractivity contribution in [3.63, 3.8) is 0 Å². The number of aromatic nitrogens is 2. The average molecular weight is 228 g/mol. The van der Waals surface area contributed by atoms with Gasteiger partial charge in [-0.15, -0.1) is 0 Å². The van der Waals surface area contributed by atoms with Crippen molar-refractivity contribution in [2.24, 2.45) is 0 Å². The van der Waals surface area contributed by atoms with Gasteiger partial charge in [-0.25, -0.2) is 9.97 Å². The molecule has 1 aliphatic heterocycles. The van der Waals surface area contributed by atoms with Crippen LogP contribution < -0.4 is 4.90 Å². The van der Waals surface area contributed by atoms with Crippen molar-refractivity contribution >= 4 is 17.4 Å². The van der Waals surface area contributed by atoms with Crippen molar-refractivity contribution in [1.29, 1.82) is 0 Å². The number of halogens is 1. The lowest BCUT2D eigenvalue weighted by molar-refractivity contribution is 0.116. The van der Waals surface area contributed by atoms with Crippen LogP contribution in [0.3, 0.4) is 0 Å². The first-order chi connectivity index (χ1) is 7.25. The number of hydrogen-bond acceptors (Lipinski definition) is 4. The molecule has 1 aromatic rings. The summed E-state index contributed by atoms with van der Waals surface area (Å²) in [7, 11) is 1.99. The minimum atomic E-state index is 0.323. The quantitative estimate of drug-likeness (QED) is 0.738. The second-order valence-corrected chi connectivity index (χ2v) is 4.10. The summed E-state index contributed by atoms with van der Waals surface area (Å²) in [5.74, 6) is 0.838. The van der Waals surface area contributed by atoms with Crippen LogP contribution in [0.1, 0.15) is 12.8 Å². The lowest BCUT2D eigenvalue weighted by atomic mass is 10.2. The Morgan fingerprint density at radius 3 is 3.13 bits per heavy atom. The molecule has 0 N–H and O–H groups in total. The van der Waals surface area contributed by atoms with Crippen molar-refractivity contribution in [3.8, 4) is 0 Å². The van der Waals surface area contributed by atoms with E-state index < -0.39 is 0 Å². The minimum absolute atomic E-state index is 0.323. The van der Waals surface area contributed by atoms with E-state index in [0.29, 0.717) is 11.3 Å². The van der Waals surface area contributed by atoms with Crippen LogP contribution >= 0.6 is 11.6 Å². The third-order valence-corrected chi connectivity index (χ3v) is 2.72. The molecule has 0 saturated carbocycles. The average Bonchev–Trinajstić information content (AvgIpc) is 2.70. The standard InChI is InChI=1S/C10H14ClN3O/c1-14(6-8-3-2-4-15-8)10-5-9(11)12-7-13-10/h5,7-8H,2-4,6H2,1H3.